The average Bonchev–Trinajstić information content (AvgIpc) is 2.50. The Morgan fingerprint density at radius 2 is 1.76 bits per heavy atom. The molecule has 0 heterocycles. The Morgan fingerprint density at radius 1 is 1.16 bits per heavy atom. The summed E-state index contributed by atoms with van der Waals surface area (Å²) >= 11 is 0. The van der Waals surface area contributed by atoms with Crippen molar-refractivity contribution < 1.29 is 37.1 Å². The summed E-state index contributed by atoms with van der Waals surface area (Å²) in [6, 6.07) is 0. The van der Waals surface area contributed by atoms with Gasteiger partial charge in [0.05, 0.1) is 0 Å². The van der Waals surface area contributed by atoms with Gasteiger partial charge in [-0.25, -0.2) is 10.9 Å². The van der Waals surface area contributed by atoms with Gasteiger partial charge in [0.2, 0.25) is 18.2 Å². The number of nitrogens with one attached hydrogen (secondary N) is 4. The van der Waals surface area contributed by atoms with E-state index in [-0.39, 0.29) is 24.4 Å². The molecule has 0 rings (SSSR count). The first-order chi connectivity index (χ1) is 11.5. The number of hydrogen-bond acceptors (Lipinski definition) is 5. The molecular formula is C12H18F3N5O5. The molecule has 0 bridgehead atoms. The second kappa shape index (κ2) is 10.1. The summed E-state index contributed by atoms with van der Waals surface area (Å²) in [6.45, 7) is 2.53. The molecule has 5 amide bonds. The maximum Gasteiger partial charge on any atom is 0.473 e. The molecule has 0 aromatic rings. The van der Waals surface area contributed by atoms with Crippen molar-refractivity contribution in [1.29, 1.82) is 0 Å². The molecular weight excluding hydrogens is 351 g/mol. The number of amides is 5. The lowest BCUT2D eigenvalue weighted by atomic mass is 10.2. The van der Waals surface area contributed by atoms with E-state index >= 15 is 0 Å². The summed E-state index contributed by atoms with van der Waals surface area (Å²) < 4.78 is 36.9. The molecule has 0 fully saturated rings. The molecule has 0 spiro atoms. The van der Waals surface area contributed by atoms with Gasteiger partial charge in [0, 0.05) is 19.8 Å². The number of rotatable bonds is 7. The summed E-state index contributed by atoms with van der Waals surface area (Å²) in [4.78, 5) is 55.5. The quantitative estimate of drug-likeness (QED) is 0.255. The molecule has 4 N–H and O–H groups in total. The normalized spacial score (nSPS) is 11.7. The van der Waals surface area contributed by atoms with Crippen LogP contribution < -0.4 is 21.5 Å². The zero-order valence-corrected chi connectivity index (χ0v) is 13.4. The fourth-order valence-corrected chi connectivity index (χ4v) is 1.43. The van der Waals surface area contributed by atoms with Gasteiger partial charge in [0.25, 0.3) is 5.91 Å². The van der Waals surface area contributed by atoms with Crippen molar-refractivity contribution >= 4 is 30.0 Å². The number of nitrogens with zero attached hydrogens (tertiary/aromatic N) is 1. The third kappa shape index (κ3) is 9.12. The minimum Gasteiger partial charge on any atom is -0.339 e. The van der Waals surface area contributed by atoms with Crippen molar-refractivity contribution in [3.05, 3.63) is 0 Å². The van der Waals surface area contributed by atoms with Gasteiger partial charge in [0.15, 0.2) is 0 Å². The molecule has 0 radical (unpaired) electrons. The van der Waals surface area contributed by atoms with Crippen LogP contribution in [0.3, 0.4) is 0 Å². The smallest absolute Gasteiger partial charge is 0.339 e. The molecule has 0 aromatic carbocycles. The number of halogens is 3. The highest BCUT2D eigenvalue weighted by atomic mass is 19.4. The number of alkyl halides is 3. The van der Waals surface area contributed by atoms with E-state index in [1.165, 1.54) is 12.3 Å². The SMILES string of the molecule is CCC(=O)NN(NC(=O)C(F)(F)F)C(=O)CCC(NC=O)NC(C)=O. The van der Waals surface area contributed by atoms with E-state index in [9.17, 15) is 37.1 Å². The van der Waals surface area contributed by atoms with E-state index in [1.54, 1.807) is 5.43 Å². The van der Waals surface area contributed by atoms with Crippen LogP contribution in [0.1, 0.15) is 33.1 Å². The van der Waals surface area contributed by atoms with Crippen LogP contribution in [0.5, 0.6) is 0 Å². The van der Waals surface area contributed by atoms with Gasteiger partial charge < -0.3 is 10.6 Å². The third-order valence-electron chi connectivity index (χ3n) is 2.57. The number of carbonyl (C=O) groups is 5. The lowest BCUT2D eigenvalue weighted by Crippen LogP contribution is -2.58. The fourth-order valence-electron chi connectivity index (χ4n) is 1.43. The Hall–Kier alpha value is -2.86. The summed E-state index contributed by atoms with van der Waals surface area (Å²) in [7, 11) is 0. The van der Waals surface area contributed by atoms with Gasteiger partial charge >= 0.3 is 12.1 Å². The molecule has 142 valence electrons. The van der Waals surface area contributed by atoms with Crippen molar-refractivity contribution in [3.63, 3.8) is 0 Å². The second-order valence-electron chi connectivity index (χ2n) is 4.63. The minimum absolute atomic E-state index is 0.0212. The Morgan fingerprint density at radius 3 is 2.20 bits per heavy atom. The standard InChI is InChI=1S/C12H18F3N5O5/c1-3-9(23)18-20(19-11(25)12(13,14)15)10(24)5-4-8(16-6-21)17-7(2)22/h6,8H,3-5H2,1-2H3,(H,16,21)(H,17,22)(H,18,23)(H,19,25). The molecule has 0 aliphatic heterocycles. The largest absolute Gasteiger partial charge is 0.473 e. The summed E-state index contributed by atoms with van der Waals surface area (Å²) in [5, 5.41) is 4.49. The van der Waals surface area contributed by atoms with E-state index in [4.69, 9.17) is 0 Å². The Labute approximate surface area is 140 Å². The molecule has 0 saturated heterocycles. The number of carbonyl (C=O) groups excluding carboxylic acids is 5. The van der Waals surface area contributed by atoms with E-state index in [0.717, 1.165) is 6.92 Å². The van der Waals surface area contributed by atoms with Crippen molar-refractivity contribution in [3.8, 4) is 0 Å². The van der Waals surface area contributed by atoms with Crippen LogP contribution in [0.25, 0.3) is 0 Å². The molecule has 0 saturated carbocycles. The summed E-state index contributed by atoms with van der Waals surface area (Å²) in [6.07, 6.45) is -6.83. The van der Waals surface area contributed by atoms with Gasteiger partial charge in [-0.3, -0.25) is 24.0 Å². The zero-order valence-electron chi connectivity index (χ0n) is 13.4. The monoisotopic (exact) mass is 369 g/mol. The summed E-state index contributed by atoms with van der Waals surface area (Å²) in [5.41, 5.74) is 3.03. The van der Waals surface area contributed by atoms with Crippen molar-refractivity contribution in [1.82, 2.24) is 26.6 Å². The molecule has 13 heteroatoms. The lowest BCUT2D eigenvalue weighted by molar-refractivity contribution is -0.182. The molecule has 1 atom stereocenters. The number of hydrazine groups is 2. The van der Waals surface area contributed by atoms with E-state index < -0.39 is 42.4 Å². The molecule has 0 aliphatic rings. The fraction of sp³-hybridized carbons (Fsp3) is 0.583. The maximum absolute atomic E-state index is 12.3. The van der Waals surface area contributed by atoms with Crippen LogP contribution in [0.4, 0.5) is 13.2 Å². The van der Waals surface area contributed by atoms with Crippen LogP contribution in [-0.4, -0.2) is 47.5 Å². The first kappa shape index (κ1) is 22.1. The molecule has 10 nitrogen and oxygen atoms in total. The Kier molecular flexibility index (Phi) is 8.94. The van der Waals surface area contributed by atoms with Crippen LogP contribution in [0, 0.1) is 0 Å². The van der Waals surface area contributed by atoms with E-state index in [2.05, 4.69) is 10.6 Å². The first-order valence-corrected chi connectivity index (χ1v) is 6.98. The van der Waals surface area contributed by atoms with Gasteiger partial charge in [-0.1, -0.05) is 6.92 Å². The molecule has 0 aromatic heterocycles. The average molecular weight is 369 g/mol. The highest BCUT2D eigenvalue weighted by molar-refractivity contribution is 5.87. The maximum atomic E-state index is 12.3. The predicted molar refractivity (Wildman–Crippen MR) is 75.5 cm³/mol. The highest BCUT2D eigenvalue weighted by Gasteiger charge is 2.40. The van der Waals surface area contributed by atoms with Gasteiger partial charge in [-0.2, -0.15) is 18.3 Å². The Bertz CT molecular complexity index is 526. The lowest BCUT2D eigenvalue weighted by Gasteiger charge is -2.25. The topological polar surface area (TPSA) is 137 Å². The van der Waals surface area contributed by atoms with Crippen molar-refractivity contribution in [2.75, 3.05) is 0 Å². The highest BCUT2D eigenvalue weighted by Crippen LogP contribution is 2.14. The van der Waals surface area contributed by atoms with E-state index in [0.29, 0.717) is 0 Å². The third-order valence-corrected chi connectivity index (χ3v) is 2.57. The van der Waals surface area contributed by atoms with Gasteiger partial charge in [-0.05, 0) is 6.42 Å². The van der Waals surface area contributed by atoms with Crippen molar-refractivity contribution in [2.45, 2.75) is 45.5 Å². The minimum atomic E-state index is -5.27. The molecule has 0 aliphatic carbocycles. The number of hydrogen-bond donors (Lipinski definition) is 4. The summed E-state index contributed by atoms with van der Waals surface area (Å²) in [5.74, 6) is -4.89. The predicted octanol–water partition coefficient (Wildman–Crippen LogP) is -1.16. The first-order valence-electron chi connectivity index (χ1n) is 6.98. The van der Waals surface area contributed by atoms with Gasteiger partial charge in [0.1, 0.15) is 6.17 Å². The van der Waals surface area contributed by atoms with Crippen LogP contribution >= 0.6 is 0 Å². The van der Waals surface area contributed by atoms with Gasteiger partial charge in [-0.15, -0.1) is 0 Å². The van der Waals surface area contributed by atoms with Crippen molar-refractivity contribution in [2.24, 2.45) is 0 Å². The van der Waals surface area contributed by atoms with E-state index in [1.807, 2.05) is 0 Å². The van der Waals surface area contributed by atoms with Crippen LogP contribution in [0.2, 0.25) is 0 Å². The van der Waals surface area contributed by atoms with Crippen LogP contribution in [0.15, 0.2) is 0 Å². The second-order valence-corrected chi connectivity index (χ2v) is 4.63. The Balaban J connectivity index is 4.95. The molecule has 25 heavy (non-hydrogen) atoms. The molecule has 1 unspecified atom stereocenters. The zero-order chi connectivity index (χ0) is 19.6. The van der Waals surface area contributed by atoms with Crippen LogP contribution in [-0.2, 0) is 24.0 Å².